The average molecular weight is 176 g/mol. The molecule has 13 heavy (non-hydrogen) atoms. The number of nitriles is 2. The minimum atomic E-state index is -0.699. The lowest BCUT2D eigenvalue weighted by Crippen LogP contribution is -2.05. The zero-order valence-corrected chi connectivity index (χ0v) is 6.90. The molecule has 0 aromatic carbocycles. The predicted octanol–water partition coefficient (Wildman–Crippen LogP) is 0.590. The van der Waals surface area contributed by atoms with E-state index >= 15 is 0 Å². The van der Waals surface area contributed by atoms with Gasteiger partial charge < -0.3 is 9.72 Å². The number of H-pyrrole nitrogens is 1. The highest BCUT2D eigenvalue weighted by Gasteiger charge is 2.05. The Morgan fingerprint density at radius 2 is 2.31 bits per heavy atom. The summed E-state index contributed by atoms with van der Waals surface area (Å²) in [6.45, 7) is 0.417. The normalized spacial score (nSPS) is 9.46. The molecular formula is C8H8N4O. The lowest BCUT2D eigenvalue weighted by molar-refractivity contribution is 0.108. The number of hydrogen-bond donors (Lipinski definition) is 1. The van der Waals surface area contributed by atoms with Gasteiger partial charge in [0.1, 0.15) is 12.4 Å². The highest BCUT2D eigenvalue weighted by molar-refractivity contribution is 4.98. The summed E-state index contributed by atoms with van der Waals surface area (Å²) in [5.41, 5.74) is 0. The summed E-state index contributed by atoms with van der Waals surface area (Å²) in [6.07, 6.45) is 3.30. The first-order chi connectivity index (χ1) is 6.36. The van der Waals surface area contributed by atoms with Gasteiger partial charge in [-0.1, -0.05) is 0 Å². The van der Waals surface area contributed by atoms with Gasteiger partial charge in [0.15, 0.2) is 5.92 Å². The summed E-state index contributed by atoms with van der Waals surface area (Å²) in [7, 11) is 0. The largest absolute Gasteiger partial charge is 0.371 e. The highest BCUT2D eigenvalue weighted by Crippen LogP contribution is 1.97. The molecule has 0 amide bonds. The van der Waals surface area contributed by atoms with E-state index in [1.54, 1.807) is 12.4 Å². The van der Waals surface area contributed by atoms with Crippen molar-refractivity contribution in [1.29, 1.82) is 10.5 Å². The molecule has 0 saturated carbocycles. The fourth-order valence-electron chi connectivity index (χ4n) is 0.754. The molecule has 0 unspecified atom stereocenters. The number of aromatic amines is 1. The van der Waals surface area contributed by atoms with Crippen LogP contribution in [0.5, 0.6) is 0 Å². The van der Waals surface area contributed by atoms with E-state index in [0.717, 1.165) is 0 Å². The number of ether oxygens (including phenoxy) is 1. The minimum Gasteiger partial charge on any atom is -0.371 e. The Balaban J connectivity index is 2.23. The van der Waals surface area contributed by atoms with Gasteiger partial charge in [-0.15, -0.1) is 0 Å². The molecule has 0 fully saturated rings. The first-order valence-electron chi connectivity index (χ1n) is 3.72. The summed E-state index contributed by atoms with van der Waals surface area (Å²) in [5.74, 6) is -0.00964. The van der Waals surface area contributed by atoms with Crippen LogP contribution >= 0.6 is 0 Å². The summed E-state index contributed by atoms with van der Waals surface area (Å²) in [5, 5.41) is 16.8. The maximum Gasteiger partial charge on any atom is 0.156 e. The first kappa shape index (κ1) is 9.24. The molecule has 1 aromatic heterocycles. The van der Waals surface area contributed by atoms with Gasteiger partial charge in [-0.25, -0.2) is 4.98 Å². The number of imidazole rings is 1. The van der Waals surface area contributed by atoms with E-state index in [4.69, 9.17) is 15.3 Å². The Bertz CT molecular complexity index is 305. The Morgan fingerprint density at radius 3 is 2.85 bits per heavy atom. The van der Waals surface area contributed by atoms with Gasteiger partial charge in [-0.3, -0.25) is 0 Å². The molecule has 0 saturated heterocycles. The predicted molar refractivity (Wildman–Crippen MR) is 43.0 cm³/mol. The van der Waals surface area contributed by atoms with Crippen LogP contribution in [0.15, 0.2) is 12.4 Å². The quantitative estimate of drug-likeness (QED) is 0.727. The molecule has 0 radical (unpaired) electrons. The molecule has 1 aromatic rings. The standard InChI is InChI=1S/C8H8N4O/c9-3-7(4-10)5-13-6-8-11-1-2-12-8/h1-2,7H,5-6H2,(H,11,12). The van der Waals surface area contributed by atoms with Crippen LogP contribution in [0.4, 0.5) is 0 Å². The second-order valence-electron chi connectivity index (χ2n) is 2.36. The van der Waals surface area contributed by atoms with Crippen molar-refractivity contribution in [2.45, 2.75) is 6.61 Å². The van der Waals surface area contributed by atoms with Crippen LogP contribution in [-0.4, -0.2) is 16.6 Å². The smallest absolute Gasteiger partial charge is 0.156 e. The van der Waals surface area contributed by atoms with Gasteiger partial charge in [-0.2, -0.15) is 10.5 Å². The third-order valence-electron chi connectivity index (χ3n) is 1.39. The molecule has 1 rings (SSSR count). The van der Waals surface area contributed by atoms with Crippen LogP contribution < -0.4 is 0 Å². The van der Waals surface area contributed by atoms with E-state index in [1.165, 1.54) is 0 Å². The van der Waals surface area contributed by atoms with Crippen molar-refractivity contribution in [2.24, 2.45) is 5.92 Å². The second kappa shape index (κ2) is 4.91. The highest BCUT2D eigenvalue weighted by atomic mass is 16.5. The molecule has 0 atom stereocenters. The Morgan fingerprint density at radius 1 is 1.54 bits per heavy atom. The van der Waals surface area contributed by atoms with E-state index < -0.39 is 5.92 Å². The molecular weight excluding hydrogens is 168 g/mol. The van der Waals surface area contributed by atoms with Crippen LogP contribution in [0.2, 0.25) is 0 Å². The van der Waals surface area contributed by atoms with Crippen LogP contribution in [0, 0.1) is 28.6 Å². The SMILES string of the molecule is N#CC(C#N)COCc1ncc[nH]1. The van der Waals surface area contributed by atoms with Crippen molar-refractivity contribution in [3.63, 3.8) is 0 Å². The maximum absolute atomic E-state index is 8.41. The Kier molecular flexibility index (Phi) is 3.49. The molecule has 0 spiro atoms. The molecule has 5 heteroatoms. The van der Waals surface area contributed by atoms with Crippen molar-refractivity contribution in [3.05, 3.63) is 18.2 Å². The summed E-state index contributed by atoms with van der Waals surface area (Å²) < 4.78 is 5.08. The number of rotatable bonds is 4. The van der Waals surface area contributed by atoms with E-state index in [-0.39, 0.29) is 6.61 Å². The third-order valence-corrected chi connectivity index (χ3v) is 1.39. The van der Waals surface area contributed by atoms with Crippen LogP contribution in [0.3, 0.4) is 0 Å². The van der Waals surface area contributed by atoms with Gasteiger partial charge >= 0.3 is 0 Å². The molecule has 0 aliphatic carbocycles. The van der Waals surface area contributed by atoms with Crippen LogP contribution in [0.25, 0.3) is 0 Å². The lowest BCUT2D eigenvalue weighted by atomic mass is 10.2. The van der Waals surface area contributed by atoms with Gasteiger partial charge in [0.25, 0.3) is 0 Å². The number of nitrogens with one attached hydrogen (secondary N) is 1. The second-order valence-corrected chi connectivity index (χ2v) is 2.36. The van der Waals surface area contributed by atoms with Crippen molar-refractivity contribution in [3.8, 4) is 12.1 Å². The summed E-state index contributed by atoms with van der Waals surface area (Å²) in [4.78, 5) is 6.76. The van der Waals surface area contributed by atoms with Crippen molar-refractivity contribution in [2.75, 3.05) is 6.61 Å². The van der Waals surface area contributed by atoms with Gasteiger partial charge in [0.2, 0.25) is 0 Å². The van der Waals surface area contributed by atoms with Gasteiger partial charge in [-0.05, 0) is 0 Å². The van der Waals surface area contributed by atoms with Gasteiger partial charge in [0, 0.05) is 12.4 Å². The van der Waals surface area contributed by atoms with E-state index in [0.29, 0.717) is 12.4 Å². The van der Waals surface area contributed by atoms with Crippen molar-refractivity contribution < 1.29 is 4.74 Å². The molecule has 0 aliphatic heterocycles. The summed E-state index contributed by atoms with van der Waals surface area (Å²) in [6, 6.07) is 3.63. The van der Waals surface area contributed by atoms with E-state index in [9.17, 15) is 0 Å². The minimum absolute atomic E-state index is 0.119. The number of hydrogen-bond acceptors (Lipinski definition) is 4. The topological polar surface area (TPSA) is 85.5 Å². The Hall–Kier alpha value is -1.85. The number of aromatic nitrogens is 2. The summed E-state index contributed by atoms with van der Waals surface area (Å²) >= 11 is 0. The lowest BCUT2D eigenvalue weighted by Gasteiger charge is -2.00. The fraction of sp³-hybridized carbons (Fsp3) is 0.375. The molecule has 1 heterocycles. The fourth-order valence-corrected chi connectivity index (χ4v) is 0.754. The van der Waals surface area contributed by atoms with Crippen LogP contribution in [0.1, 0.15) is 5.82 Å². The van der Waals surface area contributed by atoms with E-state index in [1.807, 2.05) is 12.1 Å². The van der Waals surface area contributed by atoms with Crippen molar-refractivity contribution >= 4 is 0 Å². The molecule has 0 aliphatic rings. The molecule has 5 nitrogen and oxygen atoms in total. The third kappa shape index (κ3) is 2.94. The van der Waals surface area contributed by atoms with Gasteiger partial charge in [0.05, 0.1) is 18.7 Å². The molecule has 0 bridgehead atoms. The average Bonchev–Trinajstić information content (AvgIpc) is 2.65. The first-order valence-corrected chi connectivity index (χ1v) is 3.72. The van der Waals surface area contributed by atoms with Crippen LogP contribution in [-0.2, 0) is 11.3 Å². The zero-order valence-electron chi connectivity index (χ0n) is 6.90. The van der Waals surface area contributed by atoms with Crippen molar-refractivity contribution in [1.82, 2.24) is 9.97 Å². The Labute approximate surface area is 75.6 Å². The zero-order chi connectivity index (χ0) is 9.52. The monoisotopic (exact) mass is 176 g/mol. The molecule has 1 N–H and O–H groups in total. The number of nitrogens with zero attached hydrogens (tertiary/aromatic N) is 3. The van der Waals surface area contributed by atoms with E-state index in [2.05, 4.69) is 9.97 Å². The maximum atomic E-state index is 8.41. The molecule has 66 valence electrons.